The highest BCUT2D eigenvalue weighted by Crippen LogP contribution is 2.23. The number of aryl methyl sites for hydroxylation is 1. The van der Waals surface area contributed by atoms with E-state index in [4.69, 9.17) is 0 Å². The molecule has 0 amide bonds. The third-order valence-electron chi connectivity index (χ3n) is 3.04. The Kier molecular flexibility index (Phi) is 3.31. The van der Waals surface area contributed by atoms with E-state index in [1.165, 1.54) is 12.3 Å². The molecule has 3 aromatic rings. The van der Waals surface area contributed by atoms with Gasteiger partial charge in [-0.2, -0.15) is 8.42 Å². The lowest BCUT2D eigenvalue weighted by Gasteiger charge is -2.09. The van der Waals surface area contributed by atoms with E-state index in [1.807, 2.05) is 25.1 Å². The summed E-state index contributed by atoms with van der Waals surface area (Å²) in [4.78, 5) is 8.18. The molecule has 0 aliphatic carbocycles. The van der Waals surface area contributed by atoms with Crippen LogP contribution in [0.25, 0.3) is 10.9 Å². The zero-order valence-electron chi connectivity index (χ0n) is 11.3. The number of pyridine rings is 2. The van der Waals surface area contributed by atoms with Gasteiger partial charge >= 0.3 is 0 Å². The van der Waals surface area contributed by atoms with Crippen LogP contribution in [0.15, 0.2) is 59.9 Å². The summed E-state index contributed by atoms with van der Waals surface area (Å²) in [5.74, 6) is 0. The fourth-order valence-corrected chi connectivity index (χ4v) is 2.99. The largest absolute Gasteiger partial charge is 0.279 e. The van der Waals surface area contributed by atoms with Crippen molar-refractivity contribution in [2.24, 2.45) is 0 Å². The number of sulfonamides is 1. The summed E-state index contributed by atoms with van der Waals surface area (Å²) in [6.45, 7) is 1.85. The van der Waals surface area contributed by atoms with Gasteiger partial charge in [0.1, 0.15) is 0 Å². The second-order valence-electron chi connectivity index (χ2n) is 4.66. The standard InChI is InChI=1S/C15H13N3O2S/c1-11-7-8-14(17-10-11)21(19,20)18-13-6-2-4-12-5-3-9-16-15(12)13/h2-10,18H,1H3. The minimum absolute atomic E-state index is 0.0129. The Morgan fingerprint density at radius 1 is 1.00 bits per heavy atom. The maximum absolute atomic E-state index is 12.4. The molecule has 21 heavy (non-hydrogen) atoms. The lowest BCUT2D eigenvalue weighted by atomic mass is 10.2. The van der Waals surface area contributed by atoms with E-state index in [1.54, 1.807) is 24.4 Å². The van der Waals surface area contributed by atoms with Gasteiger partial charge in [0.2, 0.25) is 0 Å². The molecular formula is C15H13N3O2S. The Balaban J connectivity index is 2.03. The van der Waals surface area contributed by atoms with E-state index >= 15 is 0 Å². The maximum atomic E-state index is 12.4. The molecule has 0 saturated carbocycles. The number of nitrogens with one attached hydrogen (secondary N) is 1. The molecule has 1 N–H and O–H groups in total. The highest BCUT2D eigenvalue weighted by atomic mass is 32.2. The van der Waals surface area contributed by atoms with Crippen LogP contribution in [0.5, 0.6) is 0 Å². The first-order valence-electron chi connectivity index (χ1n) is 6.35. The molecule has 0 fully saturated rings. The zero-order valence-corrected chi connectivity index (χ0v) is 12.1. The molecule has 0 saturated heterocycles. The van der Waals surface area contributed by atoms with Crippen LogP contribution in [0, 0.1) is 6.92 Å². The predicted octanol–water partition coefficient (Wildman–Crippen LogP) is 2.74. The number of benzene rings is 1. The number of hydrogen-bond acceptors (Lipinski definition) is 4. The number of nitrogens with zero attached hydrogens (tertiary/aromatic N) is 2. The third kappa shape index (κ3) is 2.71. The van der Waals surface area contributed by atoms with Gasteiger partial charge in [0.15, 0.2) is 5.03 Å². The number of para-hydroxylation sites is 1. The van der Waals surface area contributed by atoms with Gasteiger partial charge in [0, 0.05) is 17.8 Å². The Morgan fingerprint density at radius 2 is 1.81 bits per heavy atom. The van der Waals surface area contributed by atoms with Crippen LogP contribution in [0.3, 0.4) is 0 Å². The Labute approximate surface area is 122 Å². The molecule has 0 spiro atoms. The Morgan fingerprint density at radius 3 is 2.57 bits per heavy atom. The van der Waals surface area contributed by atoms with E-state index < -0.39 is 10.0 Å². The van der Waals surface area contributed by atoms with E-state index in [-0.39, 0.29) is 5.03 Å². The van der Waals surface area contributed by atoms with Crippen LogP contribution < -0.4 is 4.72 Å². The van der Waals surface area contributed by atoms with Crippen LogP contribution in [-0.4, -0.2) is 18.4 Å². The lowest BCUT2D eigenvalue weighted by Crippen LogP contribution is -2.14. The average Bonchev–Trinajstić information content (AvgIpc) is 2.48. The number of anilines is 1. The fraction of sp³-hybridized carbons (Fsp3) is 0.0667. The van der Waals surface area contributed by atoms with Crippen molar-refractivity contribution in [2.75, 3.05) is 4.72 Å². The second-order valence-corrected chi connectivity index (χ2v) is 6.29. The predicted molar refractivity (Wildman–Crippen MR) is 81.5 cm³/mol. The lowest BCUT2D eigenvalue weighted by molar-refractivity contribution is 0.597. The molecule has 2 aromatic heterocycles. The Hall–Kier alpha value is -2.47. The molecule has 0 unspecified atom stereocenters. The minimum Gasteiger partial charge on any atom is -0.276 e. The van der Waals surface area contributed by atoms with Crippen LogP contribution in [0.2, 0.25) is 0 Å². The number of fused-ring (bicyclic) bond motifs is 1. The van der Waals surface area contributed by atoms with Gasteiger partial charge in [-0.3, -0.25) is 9.71 Å². The first-order valence-corrected chi connectivity index (χ1v) is 7.84. The summed E-state index contributed by atoms with van der Waals surface area (Å²) >= 11 is 0. The van der Waals surface area contributed by atoms with E-state index in [2.05, 4.69) is 14.7 Å². The Bertz CT molecular complexity index is 885. The summed E-state index contributed by atoms with van der Waals surface area (Å²) in [5.41, 5.74) is 1.95. The highest BCUT2D eigenvalue weighted by Gasteiger charge is 2.17. The first kappa shape index (κ1) is 13.5. The van der Waals surface area contributed by atoms with Crippen molar-refractivity contribution in [1.82, 2.24) is 9.97 Å². The summed E-state index contributed by atoms with van der Waals surface area (Å²) < 4.78 is 27.3. The molecule has 0 aliphatic heterocycles. The summed E-state index contributed by atoms with van der Waals surface area (Å²) in [7, 11) is -3.72. The first-order chi connectivity index (χ1) is 10.1. The summed E-state index contributed by atoms with van der Waals surface area (Å²) in [6, 6.07) is 12.2. The molecule has 2 heterocycles. The topological polar surface area (TPSA) is 72.0 Å². The van der Waals surface area contributed by atoms with Crippen molar-refractivity contribution < 1.29 is 8.42 Å². The highest BCUT2D eigenvalue weighted by molar-refractivity contribution is 7.92. The van der Waals surface area contributed by atoms with E-state index in [0.29, 0.717) is 11.2 Å². The van der Waals surface area contributed by atoms with Crippen LogP contribution in [-0.2, 0) is 10.0 Å². The van der Waals surface area contributed by atoms with E-state index in [9.17, 15) is 8.42 Å². The van der Waals surface area contributed by atoms with Crippen molar-refractivity contribution in [1.29, 1.82) is 0 Å². The summed E-state index contributed by atoms with van der Waals surface area (Å²) in [5, 5.41) is 0.857. The summed E-state index contributed by atoms with van der Waals surface area (Å²) in [6.07, 6.45) is 3.15. The molecule has 6 heteroatoms. The van der Waals surface area contributed by atoms with Crippen molar-refractivity contribution in [3.05, 3.63) is 60.4 Å². The number of rotatable bonds is 3. The molecular weight excluding hydrogens is 286 g/mol. The fourth-order valence-electron chi connectivity index (χ4n) is 2.00. The normalized spacial score (nSPS) is 11.5. The van der Waals surface area contributed by atoms with Crippen molar-refractivity contribution >= 4 is 26.6 Å². The van der Waals surface area contributed by atoms with E-state index in [0.717, 1.165) is 10.9 Å². The molecule has 106 valence electrons. The second kappa shape index (κ2) is 5.14. The number of aromatic nitrogens is 2. The van der Waals surface area contributed by atoms with Crippen molar-refractivity contribution in [3.63, 3.8) is 0 Å². The van der Waals surface area contributed by atoms with Crippen LogP contribution >= 0.6 is 0 Å². The van der Waals surface area contributed by atoms with Gasteiger partial charge in [0.25, 0.3) is 10.0 Å². The molecule has 0 radical (unpaired) electrons. The molecule has 0 aliphatic rings. The van der Waals surface area contributed by atoms with Gasteiger partial charge in [-0.15, -0.1) is 0 Å². The smallest absolute Gasteiger partial charge is 0.276 e. The maximum Gasteiger partial charge on any atom is 0.279 e. The molecule has 0 bridgehead atoms. The SMILES string of the molecule is Cc1ccc(S(=O)(=O)Nc2cccc3cccnc23)nc1. The van der Waals surface area contributed by atoms with Crippen LogP contribution in [0.1, 0.15) is 5.56 Å². The average molecular weight is 299 g/mol. The van der Waals surface area contributed by atoms with Crippen molar-refractivity contribution in [2.45, 2.75) is 11.9 Å². The zero-order chi connectivity index (χ0) is 14.9. The van der Waals surface area contributed by atoms with Gasteiger partial charge in [-0.05, 0) is 30.7 Å². The quantitative estimate of drug-likeness (QED) is 0.807. The minimum atomic E-state index is -3.72. The van der Waals surface area contributed by atoms with Gasteiger partial charge in [-0.1, -0.05) is 24.3 Å². The number of hydrogen-bond donors (Lipinski definition) is 1. The third-order valence-corrected chi connectivity index (χ3v) is 4.32. The molecule has 3 rings (SSSR count). The van der Waals surface area contributed by atoms with Gasteiger partial charge in [0.05, 0.1) is 11.2 Å². The monoisotopic (exact) mass is 299 g/mol. The van der Waals surface area contributed by atoms with Crippen molar-refractivity contribution in [3.8, 4) is 0 Å². The van der Waals surface area contributed by atoms with Gasteiger partial charge < -0.3 is 0 Å². The van der Waals surface area contributed by atoms with Crippen LogP contribution in [0.4, 0.5) is 5.69 Å². The molecule has 5 nitrogen and oxygen atoms in total. The van der Waals surface area contributed by atoms with Gasteiger partial charge in [-0.25, -0.2) is 4.98 Å². The molecule has 1 aromatic carbocycles. The molecule has 0 atom stereocenters.